The molecule has 0 fully saturated rings. The first-order chi connectivity index (χ1) is 24.6. The van der Waals surface area contributed by atoms with Gasteiger partial charge in [-0.05, 0) is 96.0 Å². The van der Waals surface area contributed by atoms with Crippen LogP contribution in [0.1, 0.15) is 28.3 Å². The van der Waals surface area contributed by atoms with Gasteiger partial charge >= 0.3 is 0 Å². The first kappa shape index (κ1) is 30.7. The maximum absolute atomic E-state index is 9.25. The molecule has 0 heterocycles. The van der Waals surface area contributed by atoms with Crippen LogP contribution in [-0.4, -0.2) is 6.21 Å². The molecule has 236 valence electrons. The Morgan fingerprint density at radius 1 is 0.560 bits per heavy atom. The normalized spacial score (nSPS) is 12.4. The quantitative estimate of drug-likeness (QED) is 0.107. The number of nitrogens with two attached hydrogens (primary N) is 1. The molecule has 8 rings (SSSR count). The van der Waals surface area contributed by atoms with Gasteiger partial charge < -0.3 is 5.73 Å². The molecule has 1 unspecified atom stereocenters. The number of nitriles is 1. The second-order valence-corrected chi connectivity index (χ2v) is 12.5. The van der Waals surface area contributed by atoms with Gasteiger partial charge in [0.2, 0.25) is 0 Å². The Kier molecular flexibility index (Phi) is 8.29. The Morgan fingerprint density at radius 2 is 1.26 bits per heavy atom. The third-order valence-electron chi connectivity index (χ3n) is 9.35. The van der Waals surface area contributed by atoms with Crippen LogP contribution in [0, 0.1) is 11.3 Å². The topological polar surface area (TPSA) is 62.2 Å². The molecule has 0 aliphatic carbocycles. The molecule has 50 heavy (non-hydrogen) atoms. The van der Waals surface area contributed by atoms with E-state index in [1.807, 2.05) is 73.0 Å². The second kappa shape index (κ2) is 13.5. The molecule has 0 amide bonds. The molecular weight excluding hydrogens is 607 g/mol. The monoisotopic (exact) mass is 639 g/mol. The van der Waals surface area contributed by atoms with Crippen molar-refractivity contribution in [2.75, 3.05) is 0 Å². The van der Waals surface area contributed by atoms with Crippen LogP contribution in [-0.2, 0) is 0 Å². The minimum absolute atomic E-state index is 0.333. The molecule has 0 radical (unpaired) electrons. The third-order valence-corrected chi connectivity index (χ3v) is 9.35. The van der Waals surface area contributed by atoms with E-state index < -0.39 is 0 Å². The standard InChI is InChI=1S/C47H33N3/c48-30-32-17-21-34(22-18-32)38-13-8-14-40(27-38)46(29-45(49)36-10-2-1-3-11-36)50-31-33-19-23-37(24-20-33)47-42-16-7-5-12-39(42)28-44-41-15-6-4-9-35(41)25-26-43(44)47/h1-29,31,45H,49H2/b46-29-,50-31?. The number of hydrogen-bond donors (Lipinski definition) is 1. The van der Waals surface area contributed by atoms with Gasteiger partial charge in [-0.15, -0.1) is 0 Å². The van der Waals surface area contributed by atoms with Crippen LogP contribution in [0.2, 0.25) is 0 Å². The molecule has 0 bridgehead atoms. The van der Waals surface area contributed by atoms with E-state index in [9.17, 15) is 5.26 Å². The van der Waals surface area contributed by atoms with E-state index in [-0.39, 0.29) is 6.04 Å². The van der Waals surface area contributed by atoms with E-state index in [0.29, 0.717) is 5.56 Å². The molecule has 0 aliphatic rings. The number of benzene rings is 8. The van der Waals surface area contributed by atoms with Gasteiger partial charge in [-0.1, -0.05) is 146 Å². The van der Waals surface area contributed by atoms with E-state index in [4.69, 9.17) is 10.7 Å². The fourth-order valence-electron chi connectivity index (χ4n) is 6.76. The summed E-state index contributed by atoms with van der Waals surface area (Å²) in [5.41, 5.74) is 15.6. The van der Waals surface area contributed by atoms with Crippen molar-refractivity contribution in [3.63, 3.8) is 0 Å². The summed E-state index contributed by atoms with van der Waals surface area (Å²) in [5, 5.41) is 16.7. The molecular formula is C47H33N3. The summed E-state index contributed by atoms with van der Waals surface area (Å²) in [7, 11) is 0. The summed E-state index contributed by atoms with van der Waals surface area (Å²) in [6.07, 6.45) is 3.93. The van der Waals surface area contributed by atoms with Crippen LogP contribution in [0.4, 0.5) is 0 Å². The number of aliphatic imine (C=N–C) groups is 1. The predicted octanol–water partition coefficient (Wildman–Crippen LogP) is 11.5. The lowest BCUT2D eigenvalue weighted by molar-refractivity contribution is 0.911. The molecule has 8 aromatic carbocycles. The van der Waals surface area contributed by atoms with Crippen LogP contribution < -0.4 is 5.73 Å². The van der Waals surface area contributed by atoms with Crippen molar-refractivity contribution >= 4 is 44.2 Å². The van der Waals surface area contributed by atoms with Crippen molar-refractivity contribution in [3.8, 4) is 28.3 Å². The van der Waals surface area contributed by atoms with Gasteiger partial charge in [-0.25, -0.2) is 0 Å². The fraction of sp³-hybridized carbons (Fsp3) is 0.0213. The maximum Gasteiger partial charge on any atom is 0.0991 e. The van der Waals surface area contributed by atoms with Crippen molar-refractivity contribution in [3.05, 3.63) is 198 Å². The summed E-state index contributed by atoms with van der Waals surface area (Å²) in [5.74, 6) is 0. The molecule has 0 aromatic heterocycles. The molecule has 2 N–H and O–H groups in total. The van der Waals surface area contributed by atoms with Crippen LogP contribution in [0.25, 0.3) is 60.3 Å². The summed E-state index contributed by atoms with van der Waals surface area (Å²) >= 11 is 0. The van der Waals surface area contributed by atoms with Crippen LogP contribution in [0.5, 0.6) is 0 Å². The zero-order chi connectivity index (χ0) is 33.9. The molecule has 3 nitrogen and oxygen atoms in total. The molecule has 0 aliphatic heterocycles. The summed E-state index contributed by atoms with van der Waals surface area (Å²) in [4.78, 5) is 5.04. The van der Waals surface area contributed by atoms with Crippen LogP contribution >= 0.6 is 0 Å². The first-order valence-electron chi connectivity index (χ1n) is 16.8. The summed E-state index contributed by atoms with van der Waals surface area (Å²) in [6, 6.07) is 60.6. The number of fused-ring (bicyclic) bond motifs is 4. The first-order valence-corrected chi connectivity index (χ1v) is 16.8. The minimum atomic E-state index is -0.333. The van der Waals surface area contributed by atoms with Crippen LogP contribution in [0.15, 0.2) is 181 Å². The smallest absolute Gasteiger partial charge is 0.0991 e. The Balaban J connectivity index is 1.18. The second-order valence-electron chi connectivity index (χ2n) is 12.5. The van der Waals surface area contributed by atoms with Gasteiger partial charge in [-0.3, -0.25) is 4.99 Å². The highest BCUT2D eigenvalue weighted by atomic mass is 14.7. The fourth-order valence-corrected chi connectivity index (χ4v) is 6.76. The van der Waals surface area contributed by atoms with E-state index in [1.165, 1.54) is 37.9 Å². The van der Waals surface area contributed by atoms with Gasteiger partial charge in [0.25, 0.3) is 0 Å². The predicted molar refractivity (Wildman–Crippen MR) is 210 cm³/mol. The molecule has 1 atom stereocenters. The highest BCUT2D eigenvalue weighted by molar-refractivity contribution is 6.20. The largest absolute Gasteiger partial charge is 0.321 e. The van der Waals surface area contributed by atoms with Gasteiger partial charge in [0.05, 0.1) is 23.4 Å². The Labute approximate surface area is 291 Å². The lowest BCUT2D eigenvalue weighted by Gasteiger charge is -2.14. The molecule has 0 saturated carbocycles. The molecule has 0 spiro atoms. The Hall–Kier alpha value is -6.60. The van der Waals surface area contributed by atoms with Gasteiger partial charge in [0.15, 0.2) is 0 Å². The Morgan fingerprint density at radius 3 is 2.04 bits per heavy atom. The van der Waals surface area contributed by atoms with Crippen molar-refractivity contribution in [2.45, 2.75) is 6.04 Å². The van der Waals surface area contributed by atoms with Crippen molar-refractivity contribution < 1.29 is 0 Å². The highest BCUT2D eigenvalue weighted by Gasteiger charge is 2.13. The minimum Gasteiger partial charge on any atom is -0.321 e. The Bertz CT molecular complexity index is 2590. The molecule has 8 aromatic rings. The van der Waals surface area contributed by atoms with E-state index in [2.05, 4.69) is 115 Å². The van der Waals surface area contributed by atoms with Crippen LogP contribution in [0.3, 0.4) is 0 Å². The average molecular weight is 640 g/mol. The average Bonchev–Trinajstić information content (AvgIpc) is 3.19. The lowest BCUT2D eigenvalue weighted by Crippen LogP contribution is -2.07. The lowest BCUT2D eigenvalue weighted by atomic mass is 9.89. The third kappa shape index (κ3) is 6.08. The number of hydrogen-bond acceptors (Lipinski definition) is 3. The van der Waals surface area contributed by atoms with E-state index in [1.54, 1.807) is 0 Å². The SMILES string of the molecule is N#Cc1ccc(-c2cccc(/C(=C/C(N)c3ccccc3)N=Cc3ccc(-c4c5ccccc5cc5c4ccc4ccccc45)cc3)c2)cc1. The van der Waals surface area contributed by atoms with Gasteiger partial charge in [0.1, 0.15) is 0 Å². The molecule has 3 heteroatoms. The van der Waals surface area contributed by atoms with E-state index >= 15 is 0 Å². The highest BCUT2D eigenvalue weighted by Crippen LogP contribution is 2.39. The van der Waals surface area contributed by atoms with Gasteiger partial charge in [-0.2, -0.15) is 5.26 Å². The maximum atomic E-state index is 9.25. The summed E-state index contributed by atoms with van der Waals surface area (Å²) < 4.78 is 0. The number of nitrogens with zero attached hydrogens (tertiary/aromatic N) is 2. The van der Waals surface area contributed by atoms with Gasteiger partial charge in [0, 0.05) is 11.8 Å². The van der Waals surface area contributed by atoms with E-state index in [0.717, 1.165) is 39.1 Å². The zero-order valence-electron chi connectivity index (χ0n) is 27.4. The van der Waals surface area contributed by atoms with Crippen molar-refractivity contribution in [2.24, 2.45) is 10.7 Å². The summed E-state index contributed by atoms with van der Waals surface area (Å²) in [6.45, 7) is 0. The zero-order valence-corrected chi connectivity index (χ0v) is 27.4. The molecule has 0 saturated heterocycles. The number of rotatable bonds is 7. The van der Waals surface area contributed by atoms with Crippen molar-refractivity contribution in [1.82, 2.24) is 0 Å². The van der Waals surface area contributed by atoms with Crippen molar-refractivity contribution in [1.29, 1.82) is 5.26 Å².